The topological polar surface area (TPSA) is 22.1 Å². The highest BCUT2D eigenvalue weighted by atomic mass is 127. The third-order valence-corrected chi connectivity index (χ3v) is 3.99. The third-order valence-electron chi connectivity index (χ3n) is 2.98. The second-order valence-corrected chi connectivity index (χ2v) is 5.39. The maximum absolute atomic E-state index is 5.87. The lowest BCUT2D eigenvalue weighted by Crippen LogP contribution is -2.06. The average Bonchev–Trinajstić information content (AvgIpc) is 2.41. The minimum Gasteiger partial charge on any atom is -0.487 e. The van der Waals surface area contributed by atoms with Crippen LogP contribution in [-0.4, -0.2) is 4.98 Å². The highest BCUT2D eigenvalue weighted by molar-refractivity contribution is 14.1. The quantitative estimate of drug-likeness (QED) is 0.721. The fourth-order valence-electron chi connectivity index (χ4n) is 1.99. The fourth-order valence-corrected chi connectivity index (χ4v) is 2.94. The summed E-state index contributed by atoms with van der Waals surface area (Å²) >= 11 is 2.31. The van der Waals surface area contributed by atoms with Crippen LogP contribution in [0.15, 0.2) is 42.6 Å². The zero-order chi connectivity index (χ0) is 12.5. The second-order valence-electron chi connectivity index (χ2n) is 4.31. The number of hydrogen-bond acceptors (Lipinski definition) is 2. The Morgan fingerprint density at radius 2 is 1.94 bits per heavy atom. The van der Waals surface area contributed by atoms with Crippen molar-refractivity contribution in [3.63, 3.8) is 0 Å². The van der Waals surface area contributed by atoms with Crippen LogP contribution < -0.4 is 0 Å². The van der Waals surface area contributed by atoms with Crippen LogP contribution in [0.1, 0.15) is 22.4 Å². The van der Waals surface area contributed by atoms with Crippen molar-refractivity contribution in [2.75, 3.05) is 0 Å². The summed E-state index contributed by atoms with van der Waals surface area (Å²) in [7, 11) is 0. The van der Waals surface area contributed by atoms with Crippen molar-refractivity contribution in [1.29, 1.82) is 0 Å². The van der Waals surface area contributed by atoms with Gasteiger partial charge in [-0.2, -0.15) is 0 Å². The summed E-state index contributed by atoms with van der Waals surface area (Å²) in [5, 5.41) is 0. The van der Waals surface area contributed by atoms with Gasteiger partial charge in [0.2, 0.25) is 0 Å². The van der Waals surface area contributed by atoms with Crippen LogP contribution in [-0.2, 0) is 11.3 Å². The van der Waals surface area contributed by atoms with Gasteiger partial charge in [0, 0.05) is 17.3 Å². The number of fused-ring (bicyclic) bond motifs is 1. The predicted octanol–water partition coefficient (Wildman–Crippen LogP) is 4.18. The number of halogens is 1. The molecule has 18 heavy (non-hydrogen) atoms. The van der Waals surface area contributed by atoms with Gasteiger partial charge in [0.1, 0.15) is 12.4 Å². The van der Waals surface area contributed by atoms with Crippen LogP contribution in [0.3, 0.4) is 0 Å². The molecule has 0 saturated heterocycles. The number of pyridine rings is 1. The molecule has 1 aliphatic heterocycles. The molecule has 1 aromatic carbocycles. The zero-order valence-corrected chi connectivity index (χ0v) is 12.1. The van der Waals surface area contributed by atoms with E-state index in [1.807, 2.05) is 12.3 Å². The van der Waals surface area contributed by atoms with Gasteiger partial charge in [-0.15, -0.1) is 0 Å². The standard InChI is InChI=1S/C15H12INO/c1-10-4-6-11(7-5-10)15-13(16)14-12(9-18-15)3-2-8-17-14/h2-8H,9H2,1H3. The normalized spacial score (nSPS) is 14.1. The molecule has 0 radical (unpaired) electrons. The molecule has 3 heteroatoms. The lowest BCUT2D eigenvalue weighted by atomic mass is 10.1. The van der Waals surface area contributed by atoms with Gasteiger partial charge >= 0.3 is 0 Å². The highest BCUT2D eigenvalue weighted by Gasteiger charge is 2.20. The number of nitrogens with zero attached hydrogens (tertiary/aromatic N) is 1. The molecule has 0 aliphatic carbocycles. The summed E-state index contributed by atoms with van der Waals surface area (Å²) in [6.07, 6.45) is 1.83. The van der Waals surface area contributed by atoms with E-state index in [4.69, 9.17) is 4.74 Å². The van der Waals surface area contributed by atoms with Crippen molar-refractivity contribution in [2.24, 2.45) is 0 Å². The summed E-state index contributed by atoms with van der Waals surface area (Å²) < 4.78 is 6.96. The van der Waals surface area contributed by atoms with E-state index < -0.39 is 0 Å². The molecule has 1 aromatic heterocycles. The summed E-state index contributed by atoms with van der Waals surface area (Å²) in [5.41, 5.74) is 4.56. The lowest BCUT2D eigenvalue weighted by Gasteiger charge is -2.20. The van der Waals surface area contributed by atoms with Crippen molar-refractivity contribution in [3.8, 4) is 0 Å². The summed E-state index contributed by atoms with van der Waals surface area (Å²) in [6.45, 7) is 2.68. The number of aryl methyl sites for hydroxylation is 1. The molecule has 0 unspecified atom stereocenters. The maximum Gasteiger partial charge on any atom is 0.142 e. The van der Waals surface area contributed by atoms with E-state index in [1.165, 1.54) is 5.56 Å². The van der Waals surface area contributed by atoms with E-state index in [0.29, 0.717) is 6.61 Å². The van der Waals surface area contributed by atoms with Crippen LogP contribution in [0.4, 0.5) is 0 Å². The summed E-state index contributed by atoms with van der Waals surface area (Å²) in [4.78, 5) is 4.45. The minimum absolute atomic E-state index is 0.596. The van der Waals surface area contributed by atoms with Crippen LogP contribution >= 0.6 is 22.6 Å². The molecule has 0 N–H and O–H groups in total. The number of rotatable bonds is 1. The molecule has 0 bridgehead atoms. The van der Waals surface area contributed by atoms with Gasteiger partial charge in [0.25, 0.3) is 0 Å². The molecule has 1 aliphatic rings. The lowest BCUT2D eigenvalue weighted by molar-refractivity contribution is 0.261. The molecule has 0 amide bonds. The first-order valence-electron chi connectivity index (χ1n) is 5.79. The molecule has 0 fully saturated rings. The third kappa shape index (κ3) is 2.03. The average molecular weight is 349 g/mol. The van der Waals surface area contributed by atoms with Gasteiger partial charge in [-0.05, 0) is 35.6 Å². The number of ether oxygens (including phenoxy) is 1. The van der Waals surface area contributed by atoms with Gasteiger partial charge in [0.05, 0.1) is 9.27 Å². The molecule has 0 spiro atoms. The molecule has 0 atom stereocenters. The smallest absolute Gasteiger partial charge is 0.142 e. The van der Waals surface area contributed by atoms with Crippen molar-refractivity contribution in [1.82, 2.24) is 4.98 Å². The summed E-state index contributed by atoms with van der Waals surface area (Å²) in [5.74, 6) is 0.932. The van der Waals surface area contributed by atoms with E-state index in [-0.39, 0.29) is 0 Å². The Hall–Kier alpha value is -1.36. The van der Waals surface area contributed by atoms with Crippen LogP contribution in [0, 0.1) is 6.92 Å². The maximum atomic E-state index is 5.87. The molecule has 90 valence electrons. The first kappa shape index (κ1) is 11.7. The highest BCUT2D eigenvalue weighted by Crippen LogP contribution is 2.37. The van der Waals surface area contributed by atoms with Crippen molar-refractivity contribution < 1.29 is 4.74 Å². The zero-order valence-electron chi connectivity index (χ0n) is 9.98. The van der Waals surface area contributed by atoms with Crippen molar-refractivity contribution in [2.45, 2.75) is 13.5 Å². The van der Waals surface area contributed by atoms with Crippen LogP contribution in [0.5, 0.6) is 0 Å². The SMILES string of the molecule is Cc1ccc(C2=C(I)c3ncccc3CO2)cc1. The Morgan fingerprint density at radius 3 is 2.72 bits per heavy atom. The Labute approximate surface area is 120 Å². The van der Waals surface area contributed by atoms with E-state index >= 15 is 0 Å². The van der Waals surface area contributed by atoms with Crippen LogP contribution in [0.2, 0.25) is 0 Å². The van der Waals surface area contributed by atoms with Gasteiger partial charge in [0.15, 0.2) is 0 Å². The summed E-state index contributed by atoms with van der Waals surface area (Å²) in [6, 6.07) is 12.4. The number of hydrogen-bond donors (Lipinski definition) is 0. The first-order valence-corrected chi connectivity index (χ1v) is 6.87. The minimum atomic E-state index is 0.596. The predicted molar refractivity (Wildman–Crippen MR) is 81.0 cm³/mol. The van der Waals surface area contributed by atoms with Gasteiger partial charge in [-0.25, -0.2) is 0 Å². The number of aromatic nitrogens is 1. The second kappa shape index (κ2) is 4.72. The largest absolute Gasteiger partial charge is 0.487 e. The van der Waals surface area contributed by atoms with Crippen LogP contribution in [0.25, 0.3) is 9.34 Å². The van der Waals surface area contributed by atoms with Crippen molar-refractivity contribution >= 4 is 31.9 Å². The van der Waals surface area contributed by atoms with E-state index in [9.17, 15) is 0 Å². The van der Waals surface area contributed by atoms with E-state index in [0.717, 1.165) is 26.2 Å². The molecule has 2 heterocycles. The molecular formula is C15H12INO. The Kier molecular flexibility index (Phi) is 3.07. The Morgan fingerprint density at radius 1 is 1.17 bits per heavy atom. The molecule has 0 saturated carbocycles. The van der Waals surface area contributed by atoms with E-state index in [2.05, 4.69) is 64.8 Å². The molecule has 3 rings (SSSR count). The Bertz CT molecular complexity index is 617. The monoisotopic (exact) mass is 349 g/mol. The van der Waals surface area contributed by atoms with E-state index in [1.54, 1.807) is 0 Å². The molecule has 2 aromatic rings. The Balaban J connectivity index is 2.11. The van der Waals surface area contributed by atoms with Gasteiger partial charge in [-0.1, -0.05) is 35.9 Å². The van der Waals surface area contributed by atoms with Gasteiger partial charge in [-0.3, -0.25) is 4.98 Å². The number of benzene rings is 1. The van der Waals surface area contributed by atoms with Crippen molar-refractivity contribution in [3.05, 3.63) is 65.0 Å². The van der Waals surface area contributed by atoms with Gasteiger partial charge < -0.3 is 4.74 Å². The molecule has 2 nitrogen and oxygen atoms in total. The fraction of sp³-hybridized carbons (Fsp3) is 0.133. The first-order chi connectivity index (χ1) is 8.75. The molecular weight excluding hydrogens is 337 g/mol.